The van der Waals surface area contributed by atoms with E-state index in [4.69, 9.17) is 10.2 Å². The Morgan fingerprint density at radius 2 is 1.96 bits per heavy atom. The quantitative estimate of drug-likeness (QED) is 0.438. The van der Waals surface area contributed by atoms with Gasteiger partial charge in [-0.15, -0.1) is 10.2 Å². The summed E-state index contributed by atoms with van der Waals surface area (Å²) in [5, 5.41) is 9.39. The first kappa shape index (κ1) is 18.3. The Morgan fingerprint density at radius 3 is 2.69 bits per heavy atom. The predicted octanol–water partition coefficient (Wildman–Crippen LogP) is 3.06. The summed E-state index contributed by atoms with van der Waals surface area (Å²) in [5.74, 6) is 2.19. The SMILES string of the molecule is NC(=O)CCc1nnc(SCCCc2ccccc2)n1Cc1ccco1. The molecule has 2 N–H and O–H groups in total. The van der Waals surface area contributed by atoms with E-state index in [-0.39, 0.29) is 12.3 Å². The molecule has 0 spiro atoms. The summed E-state index contributed by atoms with van der Waals surface area (Å²) in [5.41, 5.74) is 6.61. The van der Waals surface area contributed by atoms with Gasteiger partial charge in [-0.2, -0.15) is 0 Å². The molecule has 1 amide bonds. The van der Waals surface area contributed by atoms with Gasteiger partial charge in [0, 0.05) is 18.6 Å². The Hall–Kier alpha value is -2.54. The molecule has 3 rings (SSSR count). The van der Waals surface area contributed by atoms with Crippen LogP contribution in [0.4, 0.5) is 0 Å². The summed E-state index contributed by atoms with van der Waals surface area (Å²) in [6.07, 6.45) is 4.48. The minimum atomic E-state index is -0.338. The lowest BCUT2D eigenvalue weighted by Gasteiger charge is -2.08. The van der Waals surface area contributed by atoms with Crippen LogP contribution >= 0.6 is 11.8 Å². The molecule has 0 aliphatic rings. The van der Waals surface area contributed by atoms with Gasteiger partial charge < -0.3 is 10.2 Å². The molecule has 0 aliphatic heterocycles. The number of amides is 1. The third-order valence-electron chi connectivity index (χ3n) is 3.97. The number of carbonyl (C=O) groups excluding carboxylic acids is 1. The molecule has 2 heterocycles. The number of aryl methyl sites for hydroxylation is 2. The van der Waals surface area contributed by atoms with Crippen molar-refractivity contribution in [2.24, 2.45) is 5.73 Å². The number of nitrogens with two attached hydrogens (primary N) is 1. The van der Waals surface area contributed by atoms with Gasteiger partial charge in [0.1, 0.15) is 11.6 Å². The monoisotopic (exact) mass is 370 g/mol. The molecule has 136 valence electrons. The fourth-order valence-corrected chi connectivity index (χ4v) is 3.54. The number of carbonyl (C=O) groups is 1. The number of aromatic nitrogens is 3. The molecule has 26 heavy (non-hydrogen) atoms. The van der Waals surface area contributed by atoms with E-state index in [1.54, 1.807) is 18.0 Å². The third kappa shape index (κ3) is 5.23. The molecule has 3 aromatic rings. The summed E-state index contributed by atoms with van der Waals surface area (Å²) < 4.78 is 7.46. The lowest BCUT2D eigenvalue weighted by molar-refractivity contribution is -0.118. The molecule has 0 saturated heterocycles. The lowest BCUT2D eigenvalue weighted by Crippen LogP contribution is -2.14. The average molecular weight is 370 g/mol. The normalized spacial score (nSPS) is 10.9. The highest BCUT2D eigenvalue weighted by molar-refractivity contribution is 7.99. The smallest absolute Gasteiger partial charge is 0.217 e. The Bertz CT molecular complexity index is 815. The second kappa shape index (κ2) is 9.24. The van der Waals surface area contributed by atoms with E-state index in [9.17, 15) is 4.79 Å². The minimum absolute atomic E-state index is 0.259. The van der Waals surface area contributed by atoms with Crippen molar-refractivity contribution in [1.82, 2.24) is 14.8 Å². The fourth-order valence-electron chi connectivity index (χ4n) is 2.65. The number of primary amides is 1. The zero-order valence-corrected chi connectivity index (χ0v) is 15.3. The molecule has 0 fully saturated rings. The number of benzene rings is 1. The van der Waals surface area contributed by atoms with Crippen LogP contribution in [0.1, 0.15) is 30.0 Å². The summed E-state index contributed by atoms with van der Waals surface area (Å²) in [6.45, 7) is 0.551. The van der Waals surface area contributed by atoms with E-state index in [2.05, 4.69) is 34.5 Å². The van der Waals surface area contributed by atoms with Crippen LogP contribution in [0.15, 0.2) is 58.3 Å². The van der Waals surface area contributed by atoms with Gasteiger partial charge in [0.05, 0.1) is 12.8 Å². The summed E-state index contributed by atoms with van der Waals surface area (Å²) in [6, 6.07) is 14.2. The van der Waals surface area contributed by atoms with Gasteiger partial charge in [-0.3, -0.25) is 9.36 Å². The van der Waals surface area contributed by atoms with Crippen LogP contribution < -0.4 is 5.73 Å². The largest absolute Gasteiger partial charge is 0.467 e. The molecular weight excluding hydrogens is 348 g/mol. The fraction of sp³-hybridized carbons (Fsp3) is 0.316. The van der Waals surface area contributed by atoms with Crippen LogP contribution in [-0.4, -0.2) is 26.4 Å². The van der Waals surface area contributed by atoms with Crippen LogP contribution in [-0.2, 0) is 24.2 Å². The highest BCUT2D eigenvalue weighted by Crippen LogP contribution is 2.21. The molecule has 7 heteroatoms. The van der Waals surface area contributed by atoms with E-state index in [1.165, 1.54) is 5.56 Å². The molecule has 2 aromatic heterocycles. The van der Waals surface area contributed by atoms with Gasteiger partial charge in [0.2, 0.25) is 5.91 Å². The Kier molecular flexibility index (Phi) is 6.49. The van der Waals surface area contributed by atoms with E-state index >= 15 is 0 Å². The Morgan fingerprint density at radius 1 is 1.12 bits per heavy atom. The lowest BCUT2D eigenvalue weighted by atomic mass is 10.1. The topological polar surface area (TPSA) is 86.9 Å². The van der Waals surface area contributed by atoms with Gasteiger partial charge in [0.25, 0.3) is 0 Å². The second-order valence-electron chi connectivity index (χ2n) is 5.97. The van der Waals surface area contributed by atoms with Crippen molar-refractivity contribution in [2.45, 2.75) is 37.4 Å². The third-order valence-corrected chi connectivity index (χ3v) is 5.02. The molecule has 0 aliphatic carbocycles. The first-order chi connectivity index (χ1) is 12.7. The summed E-state index contributed by atoms with van der Waals surface area (Å²) in [4.78, 5) is 11.1. The molecule has 0 bridgehead atoms. The second-order valence-corrected chi connectivity index (χ2v) is 7.03. The average Bonchev–Trinajstić information content (AvgIpc) is 3.29. The highest BCUT2D eigenvalue weighted by Gasteiger charge is 2.14. The van der Waals surface area contributed by atoms with E-state index in [0.29, 0.717) is 13.0 Å². The van der Waals surface area contributed by atoms with Gasteiger partial charge in [0.15, 0.2) is 5.16 Å². The zero-order valence-electron chi connectivity index (χ0n) is 14.5. The van der Waals surface area contributed by atoms with Crippen LogP contribution in [0.3, 0.4) is 0 Å². The first-order valence-electron chi connectivity index (χ1n) is 8.62. The van der Waals surface area contributed by atoms with Crippen molar-refractivity contribution in [3.63, 3.8) is 0 Å². The number of hydrogen-bond acceptors (Lipinski definition) is 5. The maximum Gasteiger partial charge on any atom is 0.217 e. The van der Waals surface area contributed by atoms with Crippen molar-refractivity contribution in [3.05, 3.63) is 65.9 Å². The highest BCUT2D eigenvalue weighted by atomic mass is 32.2. The molecular formula is C19H22N4O2S. The molecule has 0 saturated carbocycles. The van der Waals surface area contributed by atoms with Crippen LogP contribution in [0.25, 0.3) is 0 Å². The first-order valence-corrected chi connectivity index (χ1v) is 9.60. The molecule has 0 radical (unpaired) electrons. The number of rotatable bonds is 10. The number of furan rings is 1. The minimum Gasteiger partial charge on any atom is -0.467 e. The van der Waals surface area contributed by atoms with Crippen LogP contribution in [0.2, 0.25) is 0 Å². The molecule has 6 nitrogen and oxygen atoms in total. The molecule has 0 unspecified atom stereocenters. The van der Waals surface area contributed by atoms with Crippen molar-refractivity contribution in [3.8, 4) is 0 Å². The van der Waals surface area contributed by atoms with Gasteiger partial charge >= 0.3 is 0 Å². The van der Waals surface area contributed by atoms with E-state index in [1.807, 2.05) is 22.8 Å². The molecule has 1 aromatic carbocycles. The molecule has 0 atom stereocenters. The van der Waals surface area contributed by atoms with Crippen molar-refractivity contribution in [1.29, 1.82) is 0 Å². The van der Waals surface area contributed by atoms with Crippen LogP contribution in [0, 0.1) is 0 Å². The number of hydrogen-bond donors (Lipinski definition) is 1. The number of thioether (sulfide) groups is 1. The Labute approximate surface area is 156 Å². The van der Waals surface area contributed by atoms with E-state index < -0.39 is 0 Å². The van der Waals surface area contributed by atoms with Crippen LogP contribution in [0.5, 0.6) is 0 Å². The summed E-state index contributed by atoms with van der Waals surface area (Å²) >= 11 is 1.67. The predicted molar refractivity (Wildman–Crippen MR) is 101 cm³/mol. The van der Waals surface area contributed by atoms with Gasteiger partial charge in [-0.25, -0.2) is 0 Å². The zero-order chi connectivity index (χ0) is 18.2. The summed E-state index contributed by atoms with van der Waals surface area (Å²) in [7, 11) is 0. The maximum absolute atomic E-state index is 11.1. The van der Waals surface area contributed by atoms with Crippen molar-refractivity contribution in [2.75, 3.05) is 5.75 Å². The maximum atomic E-state index is 11.1. The van der Waals surface area contributed by atoms with Crippen molar-refractivity contribution < 1.29 is 9.21 Å². The van der Waals surface area contributed by atoms with Crippen molar-refractivity contribution >= 4 is 17.7 Å². The standard InChI is InChI=1S/C19H22N4O2S/c20-17(24)10-11-18-21-22-19(23(18)14-16-9-4-12-25-16)26-13-5-8-15-6-2-1-3-7-15/h1-4,6-7,9,12H,5,8,10-11,13-14H2,(H2,20,24). The van der Waals surface area contributed by atoms with Gasteiger partial charge in [-0.05, 0) is 30.5 Å². The van der Waals surface area contributed by atoms with E-state index in [0.717, 1.165) is 35.3 Å². The Balaban J connectivity index is 1.62. The van der Waals surface area contributed by atoms with Gasteiger partial charge in [-0.1, -0.05) is 42.1 Å². The number of nitrogens with zero attached hydrogens (tertiary/aromatic N) is 3.